The molecule has 1 fully saturated rings. The number of halogens is 3. The van der Waals surface area contributed by atoms with Gasteiger partial charge in [-0.15, -0.1) is 0 Å². The van der Waals surface area contributed by atoms with E-state index in [9.17, 15) is 22.8 Å². The van der Waals surface area contributed by atoms with E-state index in [1.165, 1.54) is 12.1 Å². The van der Waals surface area contributed by atoms with Crippen LogP contribution in [0.15, 0.2) is 30.3 Å². The number of aromatic nitrogens is 2. The molecule has 0 aliphatic heterocycles. The number of aromatic amines is 1. The lowest BCUT2D eigenvalue weighted by atomic mass is 10.0. The number of alkyl carbamates (subject to hydrolysis) is 1. The summed E-state index contributed by atoms with van der Waals surface area (Å²) in [6.45, 7) is -0.740. The number of H-pyrrole nitrogens is 1. The molecule has 1 aliphatic carbocycles. The summed E-state index contributed by atoms with van der Waals surface area (Å²) in [4.78, 5) is 23.6. The standard InChI is InChI=1S/C19H21F3N4O3/c20-13-4-1-11(2-5-13)7-18(27)24-17-9-15(25-26-17)12-3-6-14(8-12)29-19(28)23-10-16(21)22/h1-2,4-5,9,12,14,16H,3,6-8,10H2,(H,23,28)(H2,24,25,26,27)/t12-,14+/m0/s1. The molecule has 156 valence electrons. The molecule has 1 aromatic heterocycles. The van der Waals surface area contributed by atoms with Crippen molar-refractivity contribution in [2.24, 2.45) is 0 Å². The third-order valence-corrected chi connectivity index (χ3v) is 4.64. The zero-order valence-electron chi connectivity index (χ0n) is 15.5. The average molecular weight is 410 g/mol. The van der Waals surface area contributed by atoms with Crippen LogP contribution in [0.1, 0.15) is 36.4 Å². The third kappa shape index (κ3) is 6.23. The van der Waals surface area contributed by atoms with E-state index in [1.807, 2.05) is 5.32 Å². The van der Waals surface area contributed by atoms with E-state index in [4.69, 9.17) is 4.74 Å². The molecule has 2 aromatic rings. The van der Waals surface area contributed by atoms with Crippen LogP contribution >= 0.6 is 0 Å². The van der Waals surface area contributed by atoms with Crippen molar-refractivity contribution in [1.29, 1.82) is 0 Å². The molecule has 1 aliphatic rings. The lowest BCUT2D eigenvalue weighted by Crippen LogP contribution is -2.31. The summed E-state index contributed by atoms with van der Waals surface area (Å²) < 4.78 is 42.3. The second-order valence-corrected chi connectivity index (χ2v) is 6.87. The van der Waals surface area contributed by atoms with Crippen molar-refractivity contribution < 1.29 is 27.5 Å². The fourth-order valence-corrected chi connectivity index (χ4v) is 3.27. The van der Waals surface area contributed by atoms with Gasteiger partial charge in [-0.05, 0) is 37.0 Å². The molecular weight excluding hydrogens is 389 g/mol. The van der Waals surface area contributed by atoms with Crippen LogP contribution in [-0.2, 0) is 16.0 Å². The first-order chi connectivity index (χ1) is 13.9. The second-order valence-electron chi connectivity index (χ2n) is 6.87. The molecule has 0 bridgehead atoms. The van der Waals surface area contributed by atoms with Gasteiger partial charge >= 0.3 is 6.09 Å². The summed E-state index contributed by atoms with van der Waals surface area (Å²) in [6, 6.07) is 7.39. The minimum Gasteiger partial charge on any atom is -0.446 e. The number of amides is 2. The minimum atomic E-state index is -2.62. The van der Waals surface area contributed by atoms with Crippen LogP contribution in [0.2, 0.25) is 0 Å². The topological polar surface area (TPSA) is 96.1 Å². The summed E-state index contributed by atoms with van der Waals surface area (Å²) in [5, 5.41) is 11.6. The van der Waals surface area contributed by atoms with E-state index in [-0.39, 0.29) is 30.2 Å². The molecule has 2 atom stereocenters. The summed E-state index contributed by atoms with van der Waals surface area (Å²) in [5.74, 6) is -0.223. The quantitative estimate of drug-likeness (QED) is 0.652. The number of rotatable bonds is 7. The normalized spacial score (nSPS) is 18.6. The minimum absolute atomic E-state index is 0.0538. The zero-order chi connectivity index (χ0) is 20.8. The molecular formula is C19H21F3N4O3. The highest BCUT2D eigenvalue weighted by molar-refractivity contribution is 5.91. The monoisotopic (exact) mass is 410 g/mol. The maximum Gasteiger partial charge on any atom is 0.407 e. The number of hydrogen-bond donors (Lipinski definition) is 3. The van der Waals surface area contributed by atoms with Gasteiger partial charge in [0.1, 0.15) is 11.9 Å². The Kier molecular flexibility index (Phi) is 6.73. The van der Waals surface area contributed by atoms with Gasteiger partial charge in [-0.2, -0.15) is 5.10 Å². The number of nitrogens with one attached hydrogen (secondary N) is 3. The fraction of sp³-hybridized carbons (Fsp3) is 0.421. The molecule has 0 saturated heterocycles. The van der Waals surface area contributed by atoms with Gasteiger partial charge in [0.2, 0.25) is 5.91 Å². The fourth-order valence-electron chi connectivity index (χ4n) is 3.27. The van der Waals surface area contributed by atoms with Crippen LogP contribution in [-0.4, -0.2) is 41.3 Å². The Bertz CT molecular complexity index is 841. The summed E-state index contributed by atoms with van der Waals surface area (Å²) >= 11 is 0. The first-order valence-electron chi connectivity index (χ1n) is 9.21. The van der Waals surface area contributed by atoms with Gasteiger partial charge in [0.15, 0.2) is 5.82 Å². The number of carbonyl (C=O) groups is 2. The molecule has 1 heterocycles. The van der Waals surface area contributed by atoms with Crippen LogP contribution in [0.5, 0.6) is 0 Å². The number of alkyl halides is 2. The van der Waals surface area contributed by atoms with Crippen LogP contribution in [0.3, 0.4) is 0 Å². The molecule has 29 heavy (non-hydrogen) atoms. The van der Waals surface area contributed by atoms with Crippen LogP contribution in [0.25, 0.3) is 0 Å². The Labute approximate surface area is 165 Å². The Morgan fingerprint density at radius 1 is 1.24 bits per heavy atom. The van der Waals surface area contributed by atoms with E-state index in [2.05, 4.69) is 15.5 Å². The summed E-state index contributed by atoms with van der Waals surface area (Å²) in [6.07, 6.45) is -1.87. The van der Waals surface area contributed by atoms with Crippen molar-refractivity contribution in [1.82, 2.24) is 15.5 Å². The Balaban J connectivity index is 1.46. The molecule has 7 nitrogen and oxygen atoms in total. The van der Waals surface area contributed by atoms with E-state index >= 15 is 0 Å². The molecule has 1 aromatic carbocycles. The summed E-state index contributed by atoms with van der Waals surface area (Å²) in [5.41, 5.74) is 1.47. The highest BCUT2D eigenvalue weighted by Crippen LogP contribution is 2.35. The predicted molar refractivity (Wildman–Crippen MR) is 98.2 cm³/mol. The first-order valence-corrected chi connectivity index (χ1v) is 9.21. The molecule has 2 amide bonds. The predicted octanol–water partition coefficient (Wildman–Crippen LogP) is 3.36. The van der Waals surface area contributed by atoms with Gasteiger partial charge in [0, 0.05) is 17.7 Å². The van der Waals surface area contributed by atoms with E-state index in [0.717, 1.165) is 12.1 Å². The molecule has 0 unspecified atom stereocenters. The third-order valence-electron chi connectivity index (χ3n) is 4.64. The van der Waals surface area contributed by atoms with E-state index < -0.39 is 19.1 Å². The van der Waals surface area contributed by atoms with Gasteiger partial charge in [0.25, 0.3) is 6.43 Å². The van der Waals surface area contributed by atoms with Crippen molar-refractivity contribution in [2.75, 3.05) is 11.9 Å². The van der Waals surface area contributed by atoms with Crippen molar-refractivity contribution in [3.8, 4) is 0 Å². The number of ether oxygens (including phenoxy) is 1. The summed E-state index contributed by atoms with van der Waals surface area (Å²) in [7, 11) is 0. The molecule has 3 N–H and O–H groups in total. The SMILES string of the molecule is O=C(Cc1ccc(F)cc1)Nc1cc([C@H]2CC[C@@H](OC(=O)NCC(F)F)C2)[nH]n1. The van der Waals surface area contributed by atoms with Crippen LogP contribution in [0, 0.1) is 5.82 Å². The lowest BCUT2D eigenvalue weighted by Gasteiger charge is -2.13. The molecule has 3 rings (SSSR count). The maximum absolute atomic E-state index is 12.9. The smallest absolute Gasteiger partial charge is 0.407 e. The second kappa shape index (κ2) is 9.44. The number of hydrogen-bond acceptors (Lipinski definition) is 4. The zero-order valence-corrected chi connectivity index (χ0v) is 15.5. The van der Waals surface area contributed by atoms with Crippen LogP contribution in [0.4, 0.5) is 23.8 Å². The Morgan fingerprint density at radius 2 is 2.00 bits per heavy atom. The van der Waals surface area contributed by atoms with Crippen molar-refractivity contribution in [3.63, 3.8) is 0 Å². The Hall–Kier alpha value is -3.04. The van der Waals surface area contributed by atoms with E-state index in [0.29, 0.717) is 24.2 Å². The maximum atomic E-state index is 12.9. The Morgan fingerprint density at radius 3 is 2.72 bits per heavy atom. The highest BCUT2D eigenvalue weighted by atomic mass is 19.3. The molecule has 0 spiro atoms. The van der Waals surface area contributed by atoms with E-state index in [1.54, 1.807) is 18.2 Å². The molecule has 0 radical (unpaired) electrons. The van der Waals surface area contributed by atoms with Crippen LogP contribution < -0.4 is 10.6 Å². The van der Waals surface area contributed by atoms with Crippen molar-refractivity contribution in [3.05, 3.63) is 47.4 Å². The number of carbonyl (C=O) groups excluding carboxylic acids is 2. The number of nitrogens with zero attached hydrogens (tertiary/aromatic N) is 1. The molecule has 1 saturated carbocycles. The van der Waals surface area contributed by atoms with Gasteiger partial charge in [0.05, 0.1) is 13.0 Å². The van der Waals surface area contributed by atoms with Gasteiger partial charge in [-0.25, -0.2) is 18.0 Å². The van der Waals surface area contributed by atoms with Crippen molar-refractivity contribution >= 4 is 17.8 Å². The van der Waals surface area contributed by atoms with Gasteiger partial charge in [-0.3, -0.25) is 9.89 Å². The van der Waals surface area contributed by atoms with Gasteiger partial charge < -0.3 is 15.4 Å². The average Bonchev–Trinajstić information content (AvgIpc) is 3.31. The number of benzene rings is 1. The highest BCUT2D eigenvalue weighted by Gasteiger charge is 2.30. The lowest BCUT2D eigenvalue weighted by molar-refractivity contribution is -0.115. The largest absolute Gasteiger partial charge is 0.446 e. The number of anilines is 1. The van der Waals surface area contributed by atoms with Gasteiger partial charge in [-0.1, -0.05) is 12.1 Å². The van der Waals surface area contributed by atoms with Crippen molar-refractivity contribution in [2.45, 2.75) is 44.1 Å². The molecule has 10 heteroatoms. The first kappa shape index (κ1) is 20.7.